The summed E-state index contributed by atoms with van der Waals surface area (Å²) in [6.45, 7) is -0.157. The molecule has 2 saturated heterocycles. The van der Waals surface area contributed by atoms with E-state index >= 15 is 0 Å². The molecule has 2 amide bonds. The fraction of sp³-hybridized carbons (Fsp3) is 0.524. The minimum absolute atomic E-state index is 0.0958. The number of rotatable bonds is 9. The fourth-order valence-electron chi connectivity index (χ4n) is 4.00. The van der Waals surface area contributed by atoms with Crippen molar-refractivity contribution in [2.24, 2.45) is 0 Å². The third kappa shape index (κ3) is 5.04. The van der Waals surface area contributed by atoms with Crippen LogP contribution in [0.25, 0.3) is 0 Å². The van der Waals surface area contributed by atoms with Gasteiger partial charge in [-0.1, -0.05) is 6.07 Å². The lowest BCUT2D eigenvalue weighted by Gasteiger charge is -2.23. The Morgan fingerprint density at radius 2 is 1.38 bits per heavy atom. The summed E-state index contributed by atoms with van der Waals surface area (Å²) in [6, 6.07) is 2.99. The summed E-state index contributed by atoms with van der Waals surface area (Å²) in [4.78, 5) is 50.2. The Balaban J connectivity index is 1.66. The molecule has 0 unspecified atom stereocenters. The Labute approximate surface area is 184 Å². The quantitative estimate of drug-likeness (QED) is 0.553. The number of hydrogen-bond acceptors (Lipinski definition) is 7. The van der Waals surface area contributed by atoms with Gasteiger partial charge in [0, 0.05) is 13.1 Å². The van der Waals surface area contributed by atoms with Crippen LogP contribution in [0.15, 0.2) is 18.2 Å². The first-order valence-electron chi connectivity index (χ1n) is 10.3. The van der Waals surface area contributed by atoms with E-state index in [-0.39, 0.29) is 17.2 Å². The van der Waals surface area contributed by atoms with Gasteiger partial charge in [0.25, 0.3) is 11.8 Å². The average Bonchev–Trinajstić information content (AvgIpc) is 3.45. The predicted molar refractivity (Wildman–Crippen MR) is 109 cm³/mol. The van der Waals surface area contributed by atoms with Crippen molar-refractivity contribution < 1.29 is 43.6 Å². The molecule has 32 heavy (non-hydrogen) atoms. The number of likely N-dealkylation sites (tertiary alicyclic amines) is 2. The zero-order chi connectivity index (χ0) is 23.3. The molecular weight excluding hydrogens is 424 g/mol. The zero-order valence-electron chi connectivity index (χ0n) is 17.7. The maximum absolute atomic E-state index is 12.5. The molecule has 2 N–H and O–H groups in total. The van der Waals surface area contributed by atoms with E-state index in [4.69, 9.17) is 14.2 Å². The molecule has 0 aromatic heterocycles. The van der Waals surface area contributed by atoms with Crippen LogP contribution in [0.3, 0.4) is 0 Å². The molecule has 1 aromatic rings. The lowest BCUT2D eigenvalue weighted by molar-refractivity contribution is -0.149. The van der Waals surface area contributed by atoms with E-state index in [1.165, 1.54) is 23.0 Å². The zero-order valence-corrected chi connectivity index (χ0v) is 17.7. The molecule has 3 rings (SSSR count). The largest absolute Gasteiger partial charge is 0.493 e. The van der Waals surface area contributed by atoms with Crippen molar-refractivity contribution in [3.8, 4) is 17.2 Å². The number of carboxylic acid groups (broad SMARTS) is 2. The Bertz CT molecular complexity index is 888. The van der Waals surface area contributed by atoms with Crippen LogP contribution in [0, 0.1) is 0 Å². The highest BCUT2D eigenvalue weighted by atomic mass is 16.5. The number of amides is 2. The third-order valence-corrected chi connectivity index (χ3v) is 5.57. The number of para-hydroxylation sites is 1. The summed E-state index contributed by atoms with van der Waals surface area (Å²) in [5.41, 5.74) is 0. The van der Waals surface area contributed by atoms with Crippen LogP contribution in [0.4, 0.5) is 0 Å². The van der Waals surface area contributed by atoms with Gasteiger partial charge in [-0.25, -0.2) is 9.59 Å². The van der Waals surface area contributed by atoms with E-state index in [2.05, 4.69) is 0 Å². The molecule has 174 valence electrons. The molecule has 11 nitrogen and oxygen atoms in total. The second kappa shape index (κ2) is 10.2. The van der Waals surface area contributed by atoms with Crippen LogP contribution in [0.5, 0.6) is 17.2 Å². The van der Waals surface area contributed by atoms with Gasteiger partial charge in [0.15, 0.2) is 24.7 Å². The van der Waals surface area contributed by atoms with E-state index < -0.39 is 49.1 Å². The lowest BCUT2D eigenvalue weighted by atomic mass is 10.2. The second-order valence-corrected chi connectivity index (χ2v) is 7.53. The monoisotopic (exact) mass is 450 g/mol. The summed E-state index contributed by atoms with van der Waals surface area (Å²) in [6.07, 6.45) is 1.98. The van der Waals surface area contributed by atoms with Crippen LogP contribution in [-0.2, 0) is 19.2 Å². The van der Waals surface area contributed by atoms with Crippen LogP contribution in [-0.4, -0.2) is 89.3 Å². The minimum atomic E-state index is -1.06. The molecule has 0 aliphatic carbocycles. The highest BCUT2D eigenvalue weighted by Crippen LogP contribution is 2.37. The Hall–Kier alpha value is -3.50. The van der Waals surface area contributed by atoms with Crippen molar-refractivity contribution in [2.75, 3.05) is 33.4 Å². The van der Waals surface area contributed by atoms with Gasteiger partial charge in [-0.15, -0.1) is 0 Å². The van der Waals surface area contributed by atoms with Gasteiger partial charge in [-0.2, -0.15) is 0 Å². The van der Waals surface area contributed by atoms with Crippen LogP contribution in [0.1, 0.15) is 25.7 Å². The third-order valence-electron chi connectivity index (χ3n) is 5.57. The molecule has 1 aromatic carbocycles. The van der Waals surface area contributed by atoms with Crippen LogP contribution >= 0.6 is 0 Å². The topological polar surface area (TPSA) is 143 Å². The molecule has 2 fully saturated rings. The molecule has 0 saturated carbocycles. The predicted octanol–water partition coefficient (Wildman–Crippen LogP) is 0.604. The number of benzene rings is 1. The normalized spacial score (nSPS) is 20.2. The first kappa shape index (κ1) is 23.2. The molecule has 2 heterocycles. The maximum atomic E-state index is 12.5. The summed E-state index contributed by atoms with van der Waals surface area (Å²) in [7, 11) is 1.40. The van der Waals surface area contributed by atoms with Crippen molar-refractivity contribution in [2.45, 2.75) is 37.8 Å². The highest BCUT2D eigenvalue weighted by molar-refractivity contribution is 5.86. The molecular formula is C21H26N2O9. The van der Waals surface area contributed by atoms with Gasteiger partial charge < -0.3 is 34.2 Å². The number of aliphatic carboxylic acids is 2. The lowest BCUT2D eigenvalue weighted by Crippen LogP contribution is -2.43. The van der Waals surface area contributed by atoms with Gasteiger partial charge in [0.05, 0.1) is 7.11 Å². The number of nitrogens with zero attached hydrogens (tertiary/aromatic N) is 2. The summed E-state index contributed by atoms with van der Waals surface area (Å²) in [5, 5.41) is 18.5. The summed E-state index contributed by atoms with van der Waals surface area (Å²) in [5.74, 6) is -2.56. The number of ether oxygens (including phenoxy) is 3. The first-order valence-corrected chi connectivity index (χ1v) is 10.3. The van der Waals surface area contributed by atoms with Crippen molar-refractivity contribution >= 4 is 23.8 Å². The molecule has 2 aliphatic rings. The number of carbonyl (C=O) groups is 4. The molecule has 0 spiro atoms. The van der Waals surface area contributed by atoms with Crippen molar-refractivity contribution in [3.63, 3.8) is 0 Å². The highest BCUT2D eigenvalue weighted by Gasteiger charge is 2.35. The van der Waals surface area contributed by atoms with Crippen molar-refractivity contribution in [1.82, 2.24) is 9.80 Å². The van der Waals surface area contributed by atoms with Crippen LogP contribution in [0.2, 0.25) is 0 Å². The van der Waals surface area contributed by atoms with Crippen molar-refractivity contribution in [1.29, 1.82) is 0 Å². The van der Waals surface area contributed by atoms with Crippen molar-refractivity contribution in [3.05, 3.63) is 18.2 Å². The molecule has 0 bridgehead atoms. The van der Waals surface area contributed by atoms with Gasteiger partial charge in [-0.05, 0) is 37.8 Å². The van der Waals surface area contributed by atoms with Gasteiger partial charge in [-0.3, -0.25) is 9.59 Å². The molecule has 2 atom stereocenters. The number of carboxylic acids is 2. The maximum Gasteiger partial charge on any atom is 0.326 e. The summed E-state index contributed by atoms with van der Waals surface area (Å²) < 4.78 is 16.5. The van der Waals surface area contributed by atoms with E-state index in [0.717, 1.165) is 0 Å². The molecule has 0 radical (unpaired) electrons. The van der Waals surface area contributed by atoms with E-state index in [1.54, 1.807) is 12.1 Å². The Kier molecular flexibility index (Phi) is 7.39. The fourth-order valence-corrected chi connectivity index (χ4v) is 4.00. The number of hydrogen-bond donors (Lipinski definition) is 2. The van der Waals surface area contributed by atoms with Gasteiger partial charge >= 0.3 is 11.9 Å². The van der Waals surface area contributed by atoms with Gasteiger partial charge in [0.1, 0.15) is 12.1 Å². The average molecular weight is 450 g/mol. The van der Waals surface area contributed by atoms with E-state index in [1.807, 2.05) is 0 Å². The standard InChI is InChI=1S/C21H26N2O9/c1-30-15-7-2-8-16(31-11-17(24)22-9-3-5-13(22)20(26)27)19(15)32-12-18(25)23-10-4-6-14(23)21(28)29/h2,7-8,13-14H,3-6,9-12H2,1H3,(H,26,27)(H,28,29)/t13-,14-/m1/s1. The Morgan fingerprint density at radius 3 is 1.88 bits per heavy atom. The van der Waals surface area contributed by atoms with Crippen LogP contribution < -0.4 is 14.2 Å². The number of carbonyl (C=O) groups excluding carboxylic acids is 2. The summed E-state index contributed by atoms with van der Waals surface area (Å²) >= 11 is 0. The van der Waals surface area contributed by atoms with E-state index in [9.17, 15) is 29.4 Å². The SMILES string of the molecule is COc1cccc(OCC(=O)N2CCC[C@@H]2C(=O)O)c1OCC(=O)N1CCC[C@@H]1C(=O)O. The van der Waals surface area contributed by atoms with Gasteiger partial charge in [0.2, 0.25) is 5.75 Å². The minimum Gasteiger partial charge on any atom is -0.493 e. The number of methoxy groups -OCH3 is 1. The second-order valence-electron chi connectivity index (χ2n) is 7.53. The first-order chi connectivity index (χ1) is 15.3. The Morgan fingerprint density at radius 1 is 0.875 bits per heavy atom. The molecule has 2 aliphatic heterocycles. The smallest absolute Gasteiger partial charge is 0.326 e. The molecule has 11 heteroatoms. The van der Waals surface area contributed by atoms with E-state index in [0.29, 0.717) is 38.8 Å².